The first kappa shape index (κ1) is 23.3. The van der Waals surface area contributed by atoms with Crippen molar-refractivity contribution in [3.63, 3.8) is 0 Å². The number of hydrogen-bond donors (Lipinski definition) is 3. The SMILES string of the molecule is CC1(C)CC(Nc2nc(NCCc3ccc(N4CCCCC4)cc3)ncc2C#N)CC[C@@H]1O. The molecule has 2 heterocycles. The van der Waals surface area contributed by atoms with Crippen molar-refractivity contribution in [2.75, 3.05) is 35.2 Å². The van der Waals surface area contributed by atoms with Crippen LogP contribution in [-0.4, -0.2) is 46.9 Å². The first-order chi connectivity index (χ1) is 15.9. The van der Waals surface area contributed by atoms with Crippen molar-refractivity contribution < 1.29 is 5.11 Å². The summed E-state index contributed by atoms with van der Waals surface area (Å²) in [4.78, 5) is 11.4. The molecule has 1 aliphatic carbocycles. The molecule has 3 N–H and O–H groups in total. The molecule has 1 aliphatic heterocycles. The molecule has 1 saturated heterocycles. The zero-order valence-corrected chi connectivity index (χ0v) is 19.8. The van der Waals surface area contributed by atoms with Gasteiger partial charge in [0.1, 0.15) is 17.5 Å². The van der Waals surface area contributed by atoms with E-state index in [-0.39, 0.29) is 17.6 Å². The normalized spacial score (nSPS) is 22.4. The lowest BCUT2D eigenvalue weighted by Crippen LogP contribution is -2.41. The second-order valence-electron chi connectivity index (χ2n) is 10.1. The number of piperidine rings is 1. The second kappa shape index (κ2) is 10.4. The van der Waals surface area contributed by atoms with E-state index >= 15 is 0 Å². The van der Waals surface area contributed by atoms with Crippen LogP contribution in [0.15, 0.2) is 30.5 Å². The molecule has 1 aromatic heterocycles. The van der Waals surface area contributed by atoms with Gasteiger partial charge in [-0.25, -0.2) is 4.98 Å². The average Bonchev–Trinajstić information content (AvgIpc) is 2.82. The minimum absolute atomic E-state index is 0.152. The predicted molar refractivity (Wildman–Crippen MR) is 132 cm³/mol. The molecule has 2 aliphatic rings. The third-order valence-corrected chi connectivity index (χ3v) is 7.07. The van der Waals surface area contributed by atoms with Gasteiger partial charge in [0, 0.05) is 31.4 Å². The van der Waals surface area contributed by atoms with Gasteiger partial charge in [-0.3, -0.25) is 0 Å². The Kier molecular flexibility index (Phi) is 7.34. The summed E-state index contributed by atoms with van der Waals surface area (Å²) in [6.45, 7) is 7.21. The van der Waals surface area contributed by atoms with Crippen molar-refractivity contribution in [2.45, 2.75) is 70.9 Å². The van der Waals surface area contributed by atoms with Crippen LogP contribution in [0.4, 0.5) is 17.5 Å². The Balaban J connectivity index is 1.32. The van der Waals surface area contributed by atoms with E-state index in [0.29, 0.717) is 17.3 Å². The van der Waals surface area contributed by atoms with E-state index < -0.39 is 0 Å². The van der Waals surface area contributed by atoms with Gasteiger partial charge in [-0.05, 0) is 68.1 Å². The van der Waals surface area contributed by atoms with Gasteiger partial charge in [-0.2, -0.15) is 10.2 Å². The highest BCUT2D eigenvalue weighted by atomic mass is 16.3. The van der Waals surface area contributed by atoms with Crippen LogP contribution >= 0.6 is 0 Å². The van der Waals surface area contributed by atoms with Gasteiger partial charge < -0.3 is 20.6 Å². The molecule has 1 aromatic carbocycles. The average molecular weight is 449 g/mol. The Morgan fingerprint density at radius 1 is 1.15 bits per heavy atom. The lowest BCUT2D eigenvalue weighted by Gasteiger charge is -2.40. The van der Waals surface area contributed by atoms with Crippen LogP contribution in [0, 0.1) is 16.7 Å². The molecule has 1 unspecified atom stereocenters. The molecular weight excluding hydrogens is 412 g/mol. The zero-order chi connectivity index (χ0) is 23.3. The highest BCUT2D eigenvalue weighted by Crippen LogP contribution is 2.37. The van der Waals surface area contributed by atoms with Crippen molar-refractivity contribution >= 4 is 17.5 Å². The molecule has 2 fully saturated rings. The second-order valence-corrected chi connectivity index (χ2v) is 10.1. The summed E-state index contributed by atoms with van der Waals surface area (Å²) >= 11 is 0. The van der Waals surface area contributed by atoms with Gasteiger partial charge in [0.15, 0.2) is 0 Å². The van der Waals surface area contributed by atoms with Crippen LogP contribution < -0.4 is 15.5 Å². The Labute approximate surface area is 197 Å². The minimum atomic E-state index is -0.289. The number of benzene rings is 1. The largest absolute Gasteiger partial charge is 0.393 e. The Bertz CT molecular complexity index is 962. The summed E-state index contributed by atoms with van der Waals surface area (Å²) in [6, 6.07) is 11.2. The van der Waals surface area contributed by atoms with Crippen molar-refractivity contribution in [1.82, 2.24) is 9.97 Å². The number of aromatic nitrogens is 2. The summed E-state index contributed by atoms with van der Waals surface area (Å²) in [7, 11) is 0. The molecule has 0 radical (unpaired) electrons. The van der Waals surface area contributed by atoms with Crippen LogP contribution in [0.5, 0.6) is 0 Å². The topological polar surface area (TPSA) is 97.1 Å². The van der Waals surface area contributed by atoms with Gasteiger partial charge in [0.25, 0.3) is 0 Å². The Hall–Kier alpha value is -2.85. The number of rotatable bonds is 7. The summed E-state index contributed by atoms with van der Waals surface area (Å²) in [5.41, 5.74) is 2.88. The third kappa shape index (κ3) is 5.94. The van der Waals surface area contributed by atoms with E-state index in [0.717, 1.165) is 45.3 Å². The lowest BCUT2D eigenvalue weighted by atomic mass is 9.73. The van der Waals surface area contributed by atoms with Crippen LogP contribution in [0.3, 0.4) is 0 Å². The molecule has 2 atom stereocenters. The minimum Gasteiger partial charge on any atom is -0.393 e. The summed E-state index contributed by atoms with van der Waals surface area (Å²) in [5, 5.41) is 26.4. The number of nitrogens with one attached hydrogen (secondary N) is 2. The first-order valence-electron chi connectivity index (χ1n) is 12.2. The van der Waals surface area contributed by atoms with Crippen LogP contribution in [0.1, 0.15) is 63.5 Å². The van der Waals surface area contributed by atoms with Crippen molar-refractivity contribution in [3.8, 4) is 6.07 Å². The highest BCUT2D eigenvalue weighted by molar-refractivity contribution is 5.54. The Morgan fingerprint density at radius 3 is 2.61 bits per heavy atom. The number of hydrogen-bond acceptors (Lipinski definition) is 7. The molecule has 2 aromatic rings. The number of anilines is 3. The predicted octanol–water partition coefficient (Wildman–Crippen LogP) is 4.34. The molecule has 33 heavy (non-hydrogen) atoms. The maximum absolute atomic E-state index is 10.2. The van der Waals surface area contributed by atoms with Gasteiger partial charge in [0.05, 0.1) is 12.3 Å². The zero-order valence-electron chi connectivity index (χ0n) is 19.8. The monoisotopic (exact) mass is 448 g/mol. The summed E-state index contributed by atoms with van der Waals surface area (Å²) in [5.74, 6) is 1.09. The standard InChI is InChI=1S/C26H36N6O/c1-26(2)16-21(8-11-23(26)33)30-24-20(17-27)18-29-25(31-24)28-13-12-19-6-9-22(10-7-19)32-14-4-3-5-15-32/h6-7,9-10,18,21,23,33H,3-5,8,11-16H2,1-2H3,(H2,28,29,30,31)/t21?,23-/m0/s1. The van der Waals surface area contributed by atoms with Gasteiger partial charge >= 0.3 is 0 Å². The van der Waals surface area contributed by atoms with Gasteiger partial charge in [-0.15, -0.1) is 0 Å². The molecular formula is C26H36N6O. The number of aliphatic hydroxyl groups is 1. The van der Waals surface area contributed by atoms with Crippen molar-refractivity contribution in [2.24, 2.45) is 5.41 Å². The molecule has 7 nitrogen and oxygen atoms in total. The summed E-state index contributed by atoms with van der Waals surface area (Å²) in [6.07, 6.45) is 8.52. The fourth-order valence-corrected chi connectivity index (χ4v) is 4.94. The molecule has 0 amide bonds. The molecule has 7 heteroatoms. The van der Waals surface area contributed by atoms with Crippen molar-refractivity contribution in [3.05, 3.63) is 41.6 Å². The number of nitriles is 1. The quantitative estimate of drug-likeness (QED) is 0.579. The molecule has 0 spiro atoms. The van der Waals surface area contributed by atoms with Crippen LogP contribution in [0.25, 0.3) is 0 Å². The fraction of sp³-hybridized carbons (Fsp3) is 0.577. The van der Waals surface area contributed by atoms with E-state index in [4.69, 9.17) is 0 Å². The van der Waals surface area contributed by atoms with E-state index in [9.17, 15) is 10.4 Å². The van der Waals surface area contributed by atoms with E-state index in [1.807, 2.05) is 0 Å². The maximum Gasteiger partial charge on any atom is 0.224 e. The Morgan fingerprint density at radius 2 is 1.91 bits per heavy atom. The van der Waals surface area contributed by atoms with E-state index in [2.05, 4.69) is 69.7 Å². The van der Waals surface area contributed by atoms with E-state index in [1.54, 1.807) is 6.20 Å². The lowest BCUT2D eigenvalue weighted by molar-refractivity contribution is 0.00926. The fourth-order valence-electron chi connectivity index (χ4n) is 4.94. The maximum atomic E-state index is 10.2. The number of nitrogens with zero attached hydrogens (tertiary/aromatic N) is 4. The smallest absolute Gasteiger partial charge is 0.224 e. The van der Waals surface area contributed by atoms with Crippen LogP contribution in [-0.2, 0) is 6.42 Å². The first-order valence-corrected chi connectivity index (χ1v) is 12.2. The van der Waals surface area contributed by atoms with Gasteiger partial charge in [-0.1, -0.05) is 26.0 Å². The molecule has 176 valence electrons. The van der Waals surface area contributed by atoms with E-state index in [1.165, 1.54) is 30.5 Å². The van der Waals surface area contributed by atoms with Crippen molar-refractivity contribution in [1.29, 1.82) is 5.26 Å². The molecule has 0 bridgehead atoms. The third-order valence-electron chi connectivity index (χ3n) is 7.07. The molecule has 1 saturated carbocycles. The van der Waals surface area contributed by atoms with Gasteiger partial charge in [0.2, 0.25) is 5.95 Å². The summed E-state index contributed by atoms with van der Waals surface area (Å²) < 4.78 is 0. The van der Waals surface area contributed by atoms with Crippen LogP contribution in [0.2, 0.25) is 0 Å². The highest BCUT2D eigenvalue weighted by Gasteiger charge is 2.35. The number of aliphatic hydroxyl groups excluding tert-OH is 1. The molecule has 4 rings (SSSR count).